The van der Waals surface area contributed by atoms with Crippen LogP contribution in [0.25, 0.3) is 5.69 Å². The lowest BCUT2D eigenvalue weighted by Crippen LogP contribution is -2.48. The van der Waals surface area contributed by atoms with Gasteiger partial charge in [-0.3, -0.25) is 19.0 Å². The first-order valence-corrected chi connectivity index (χ1v) is 11.4. The Morgan fingerprint density at radius 3 is 2.28 bits per heavy atom. The SMILES string of the molecule is O=C(NC1CC(CO)CC1NC(=O)c1ccc(Cl)s1)c1ccc(-n2ccccc2=O)cc1. The fraction of sp³-hybridized carbons (Fsp3) is 0.261. The van der Waals surface area contributed by atoms with Gasteiger partial charge >= 0.3 is 0 Å². The zero-order valence-electron chi connectivity index (χ0n) is 17.0. The summed E-state index contributed by atoms with van der Waals surface area (Å²) >= 11 is 7.11. The predicted molar refractivity (Wildman–Crippen MR) is 124 cm³/mol. The van der Waals surface area contributed by atoms with Crippen LogP contribution in [0.2, 0.25) is 4.34 Å². The number of thiophene rings is 1. The molecule has 7 nitrogen and oxygen atoms in total. The molecule has 166 valence electrons. The fourth-order valence-electron chi connectivity index (χ4n) is 3.95. The van der Waals surface area contributed by atoms with Crippen LogP contribution in [0.4, 0.5) is 0 Å². The highest BCUT2D eigenvalue weighted by Crippen LogP contribution is 2.27. The highest BCUT2D eigenvalue weighted by atomic mass is 35.5. The van der Waals surface area contributed by atoms with Crippen LogP contribution in [0.5, 0.6) is 0 Å². The second kappa shape index (κ2) is 9.68. The number of halogens is 1. The molecule has 0 spiro atoms. The molecule has 2 amide bonds. The van der Waals surface area contributed by atoms with Gasteiger partial charge in [0.2, 0.25) is 0 Å². The van der Waals surface area contributed by atoms with E-state index in [2.05, 4.69) is 10.6 Å². The van der Waals surface area contributed by atoms with E-state index in [9.17, 15) is 19.5 Å². The maximum Gasteiger partial charge on any atom is 0.261 e. The summed E-state index contributed by atoms with van der Waals surface area (Å²) in [6.45, 7) is -0.00983. The molecule has 1 aromatic carbocycles. The highest BCUT2D eigenvalue weighted by Gasteiger charge is 2.36. The Morgan fingerprint density at radius 1 is 1.00 bits per heavy atom. The average Bonchev–Trinajstić information content (AvgIpc) is 3.40. The standard InChI is InChI=1S/C23H22ClN3O4S/c24-20-9-8-19(32-20)23(31)26-18-12-14(13-28)11-17(18)25-22(30)15-4-6-16(7-5-15)27-10-2-1-3-21(27)29/h1-10,14,17-18,28H,11-13H2,(H,25,30)(H,26,31). The molecule has 2 aromatic heterocycles. The predicted octanol–water partition coefficient (Wildman–Crippen LogP) is 2.85. The van der Waals surface area contributed by atoms with Gasteiger partial charge in [-0.15, -0.1) is 11.3 Å². The van der Waals surface area contributed by atoms with Gasteiger partial charge in [-0.05, 0) is 61.2 Å². The monoisotopic (exact) mass is 471 g/mol. The number of pyridine rings is 1. The van der Waals surface area contributed by atoms with Gasteiger partial charge in [0.15, 0.2) is 0 Å². The Balaban J connectivity index is 1.45. The van der Waals surface area contributed by atoms with Gasteiger partial charge < -0.3 is 15.7 Å². The molecule has 3 unspecified atom stereocenters. The van der Waals surface area contributed by atoms with E-state index in [0.717, 1.165) is 0 Å². The van der Waals surface area contributed by atoms with Crippen LogP contribution in [0.1, 0.15) is 32.9 Å². The Labute approximate surface area is 193 Å². The maximum atomic E-state index is 12.8. The third-order valence-corrected chi connectivity index (χ3v) is 6.81. The van der Waals surface area contributed by atoms with Crippen molar-refractivity contribution in [2.45, 2.75) is 24.9 Å². The molecule has 4 rings (SSSR count). The average molecular weight is 472 g/mol. The minimum absolute atomic E-state index is 0.00939. The van der Waals surface area contributed by atoms with Crippen molar-refractivity contribution in [1.82, 2.24) is 15.2 Å². The molecule has 2 heterocycles. The quantitative estimate of drug-likeness (QED) is 0.514. The number of aliphatic hydroxyl groups is 1. The number of nitrogens with zero attached hydrogens (tertiary/aromatic N) is 1. The number of rotatable bonds is 6. The van der Waals surface area contributed by atoms with E-state index in [0.29, 0.717) is 33.3 Å². The maximum absolute atomic E-state index is 12.8. The van der Waals surface area contributed by atoms with Gasteiger partial charge in [0.25, 0.3) is 17.4 Å². The molecule has 0 aliphatic heterocycles. The number of hydrogen-bond acceptors (Lipinski definition) is 5. The lowest BCUT2D eigenvalue weighted by molar-refractivity contribution is 0.0894. The van der Waals surface area contributed by atoms with Crippen molar-refractivity contribution >= 4 is 34.8 Å². The van der Waals surface area contributed by atoms with Crippen LogP contribution in [0, 0.1) is 5.92 Å². The van der Waals surface area contributed by atoms with Crippen LogP contribution in [0.3, 0.4) is 0 Å². The second-order valence-corrected chi connectivity index (χ2v) is 9.45. The number of aliphatic hydroxyl groups excluding tert-OH is 1. The summed E-state index contributed by atoms with van der Waals surface area (Å²) in [4.78, 5) is 37.9. The number of nitrogens with one attached hydrogen (secondary N) is 2. The Morgan fingerprint density at radius 2 is 1.69 bits per heavy atom. The van der Waals surface area contributed by atoms with Crippen molar-refractivity contribution in [1.29, 1.82) is 0 Å². The Bertz CT molecular complexity index is 1170. The number of amides is 2. The van der Waals surface area contributed by atoms with Crippen LogP contribution < -0.4 is 16.2 Å². The molecule has 1 saturated carbocycles. The molecular formula is C23H22ClN3O4S. The summed E-state index contributed by atoms with van der Waals surface area (Å²) in [5, 5.41) is 15.6. The largest absolute Gasteiger partial charge is 0.396 e. The molecule has 9 heteroatoms. The van der Waals surface area contributed by atoms with Gasteiger partial charge in [0, 0.05) is 42.2 Å². The lowest BCUT2D eigenvalue weighted by Gasteiger charge is -2.22. The summed E-state index contributed by atoms with van der Waals surface area (Å²) in [7, 11) is 0. The fourth-order valence-corrected chi connectivity index (χ4v) is 4.90. The minimum Gasteiger partial charge on any atom is -0.396 e. The molecule has 1 fully saturated rings. The topological polar surface area (TPSA) is 100 Å². The van der Waals surface area contributed by atoms with Crippen molar-refractivity contribution in [3.63, 3.8) is 0 Å². The number of hydrogen-bond donors (Lipinski definition) is 3. The lowest BCUT2D eigenvalue weighted by atomic mass is 10.1. The Kier molecular flexibility index (Phi) is 6.74. The zero-order chi connectivity index (χ0) is 22.7. The molecule has 0 bridgehead atoms. The molecule has 1 aliphatic rings. The van der Waals surface area contributed by atoms with E-state index >= 15 is 0 Å². The van der Waals surface area contributed by atoms with Crippen LogP contribution in [-0.4, -0.2) is 40.2 Å². The van der Waals surface area contributed by atoms with Crippen molar-refractivity contribution in [3.05, 3.63) is 85.9 Å². The van der Waals surface area contributed by atoms with Crippen molar-refractivity contribution in [2.75, 3.05) is 6.61 Å². The summed E-state index contributed by atoms with van der Waals surface area (Å²) in [5.74, 6) is -0.536. The van der Waals surface area contributed by atoms with Gasteiger partial charge in [-0.25, -0.2) is 0 Å². The number of benzene rings is 1. The summed E-state index contributed by atoms with van der Waals surface area (Å²) in [6, 6.07) is 14.4. The third kappa shape index (κ3) is 4.93. The van der Waals surface area contributed by atoms with Gasteiger partial charge in [0.05, 0.1) is 9.21 Å². The molecule has 0 saturated heterocycles. The molecule has 3 aromatic rings. The molecule has 1 aliphatic carbocycles. The smallest absolute Gasteiger partial charge is 0.261 e. The number of aromatic nitrogens is 1. The first kappa shape index (κ1) is 22.3. The van der Waals surface area contributed by atoms with Gasteiger partial charge in [-0.2, -0.15) is 0 Å². The Hall–Kier alpha value is -2.94. The van der Waals surface area contributed by atoms with Crippen molar-refractivity contribution in [3.8, 4) is 5.69 Å². The first-order valence-electron chi connectivity index (χ1n) is 10.2. The van der Waals surface area contributed by atoms with E-state index in [1.165, 1.54) is 22.0 Å². The van der Waals surface area contributed by atoms with Gasteiger partial charge in [0.1, 0.15) is 0 Å². The highest BCUT2D eigenvalue weighted by molar-refractivity contribution is 7.18. The number of carbonyl (C=O) groups is 2. The summed E-state index contributed by atoms with van der Waals surface area (Å²) in [6.07, 6.45) is 2.80. The minimum atomic E-state index is -0.310. The van der Waals surface area contributed by atoms with E-state index in [1.54, 1.807) is 54.7 Å². The molecule has 32 heavy (non-hydrogen) atoms. The normalized spacial score (nSPS) is 20.1. The molecular weight excluding hydrogens is 450 g/mol. The van der Waals surface area contributed by atoms with Crippen LogP contribution >= 0.6 is 22.9 Å². The third-order valence-electron chi connectivity index (χ3n) is 5.58. The second-order valence-electron chi connectivity index (χ2n) is 7.74. The van der Waals surface area contributed by atoms with Gasteiger partial charge in [-0.1, -0.05) is 17.7 Å². The number of carbonyl (C=O) groups excluding carboxylic acids is 2. The van der Waals surface area contributed by atoms with Crippen LogP contribution in [0.15, 0.2) is 65.6 Å². The molecule has 3 atom stereocenters. The molecule has 0 radical (unpaired) electrons. The van der Waals surface area contributed by atoms with E-state index in [1.807, 2.05) is 0 Å². The summed E-state index contributed by atoms with van der Waals surface area (Å²) < 4.78 is 2.02. The van der Waals surface area contributed by atoms with Crippen molar-refractivity contribution < 1.29 is 14.7 Å². The summed E-state index contributed by atoms with van der Waals surface area (Å²) in [5.41, 5.74) is 0.949. The molecule has 3 N–H and O–H groups in total. The van der Waals surface area contributed by atoms with E-state index in [4.69, 9.17) is 11.6 Å². The van der Waals surface area contributed by atoms with E-state index in [-0.39, 0.29) is 42.0 Å². The van der Waals surface area contributed by atoms with E-state index < -0.39 is 0 Å². The van der Waals surface area contributed by atoms with Crippen molar-refractivity contribution in [2.24, 2.45) is 5.92 Å². The van der Waals surface area contributed by atoms with Crippen LogP contribution in [-0.2, 0) is 0 Å². The first-order chi connectivity index (χ1) is 15.4. The zero-order valence-corrected chi connectivity index (χ0v) is 18.6.